The largest absolute Gasteiger partial charge is 0.485 e. The number of hydrogen-bond acceptors (Lipinski definition) is 5. The van der Waals surface area contributed by atoms with Crippen molar-refractivity contribution in [2.45, 2.75) is 39.8 Å². The molecular weight excluding hydrogens is 254 g/mol. The normalized spacial score (nSPS) is 12.3. The quantitative estimate of drug-likeness (QED) is 0.841. The highest BCUT2D eigenvalue weighted by Crippen LogP contribution is 2.14. The number of hydrogen-bond donors (Lipinski definition) is 1. The molecule has 2 aromatic rings. The zero-order chi connectivity index (χ0) is 14.4. The van der Waals surface area contributed by atoms with E-state index in [9.17, 15) is 0 Å². The molecule has 0 amide bonds. The summed E-state index contributed by atoms with van der Waals surface area (Å²) in [5.74, 6) is 1.93. The molecule has 20 heavy (non-hydrogen) atoms. The Hall–Kier alpha value is -1.88. The molecule has 0 radical (unpaired) electrons. The number of nitrogens with zero attached hydrogens (tertiary/aromatic N) is 2. The van der Waals surface area contributed by atoms with Crippen LogP contribution in [-0.4, -0.2) is 22.7 Å². The summed E-state index contributed by atoms with van der Waals surface area (Å²) in [6, 6.07) is 8.60. The van der Waals surface area contributed by atoms with Crippen molar-refractivity contribution < 1.29 is 9.26 Å². The van der Waals surface area contributed by atoms with E-state index in [0.717, 1.165) is 18.7 Å². The highest BCUT2D eigenvalue weighted by atomic mass is 16.5. The van der Waals surface area contributed by atoms with Gasteiger partial charge in [0.05, 0.1) is 0 Å². The summed E-state index contributed by atoms with van der Waals surface area (Å²) in [7, 11) is 0. The maximum Gasteiger partial charge on any atom is 0.223 e. The number of aryl methyl sites for hydroxylation is 1. The average Bonchev–Trinajstić information content (AvgIpc) is 2.84. The minimum absolute atomic E-state index is 0.324. The van der Waals surface area contributed by atoms with Gasteiger partial charge >= 0.3 is 0 Å². The van der Waals surface area contributed by atoms with Crippen LogP contribution in [0.15, 0.2) is 28.8 Å². The topological polar surface area (TPSA) is 60.2 Å². The first kappa shape index (κ1) is 14.5. The van der Waals surface area contributed by atoms with E-state index < -0.39 is 0 Å². The minimum atomic E-state index is 0.324. The molecule has 0 aliphatic heterocycles. The van der Waals surface area contributed by atoms with Crippen LogP contribution in [0.1, 0.15) is 31.1 Å². The van der Waals surface area contributed by atoms with Crippen molar-refractivity contribution in [2.24, 2.45) is 0 Å². The molecule has 0 bridgehead atoms. The summed E-state index contributed by atoms with van der Waals surface area (Å²) >= 11 is 0. The lowest BCUT2D eigenvalue weighted by molar-refractivity contribution is 0.285. The van der Waals surface area contributed by atoms with Crippen LogP contribution in [-0.2, 0) is 13.0 Å². The van der Waals surface area contributed by atoms with Crippen molar-refractivity contribution in [1.29, 1.82) is 0 Å². The summed E-state index contributed by atoms with van der Waals surface area (Å²) in [6.07, 6.45) is 1.01. The van der Waals surface area contributed by atoms with Gasteiger partial charge in [-0.15, -0.1) is 0 Å². The van der Waals surface area contributed by atoms with Gasteiger partial charge in [-0.1, -0.05) is 24.2 Å². The monoisotopic (exact) mass is 275 g/mol. The first-order valence-corrected chi connectivity index (χ1v) is 6.91. The van der Waals surface area contributed by atoms with Crippen LogP contribution in [0.3, 0.4) is 0 Å². The molecule has 1 unspecified atom stereocenters. The Labute approximate surface area is 119 Å². The maximum absolute atomic E-state index is 5.61. The molecule has 1 aromatic carbocycles. The molecule has 0 saturated carbocycles. The second-order valence-electron chi connectivity index (χ2n) is 4.83. The van der Waals surface area contributed by atoms with Gasteiger partial charge in [0.25, 0.3) is 0 Å². The van der Waals surface area contributed by atoms with Gasteiger partial charge in [-0.25, -0.2) is 0 Å². The second-order valence-corrected chi connectivity index (χ2v) is 4.83. The fraction of sp³-hybridized carbons (Fsp3) is 0.467. The highest BCUT2D eigenvalue weighted by Gasteiger charge is 2.04. The molecule has 1 aromatic heterocycles. The first-order valence-electron chi connectivity index (χ1n) is 6.91. The van der Waals surface area contributed by atoms with Crippen molar-refractivity contribution in [1.82, 2.24) is 15.5 Å². The van der Waals surface area contributed by atoms with E-state index in [1.54, 1.807) is 6.92 Å². The fourth-order valence-corrected chi connectivity index (χ4v) is 2.04. The van der Waals surface area contributed by atoms with Gasteiger partial charge in [-0.3, -0.25) is 0 Å². The van der Waals surface area contributed by atoms with Crippen LogP contribution >= 0.6 is 0 Å². The van der Waals surface area contributed by atoms with E-state index in [1.165, 1.54) is 5.56 Å². The Bertz CT molecular complexity index is 522. The standard InChI is InChI=1S/C15H21N3O2/c1-4-16-11(2)9-13-5-7-14(8-6-13)19-10-15-17-12(3)20-18-15/h5-8,11,16H,4,9-10H2,1-3H3. The molecule has 5 nitrogen and oxygen atoms in total. The van der Waals surface area contributed by atoms with Crippen molar-refractivity contribution in [2.75, 3.05) is 6.54 Å². The minimum Gasteiger partial charge on any atom is -0.485 e. The van der Waals surface area contributed by atoms with Crippen LogP contribution in [0.25, 0.3) is 0 Å². The predicted octanol–water partition coefficient (Wildman–Crippen LogP) is 2.50. The zero-order valence-electron chi connectivity index (χ0n) is 12.2. The molecule has 1 heterocycles. The van der Waals surface area contributed by atoms with Crippen molar-refractivity contribution >= 4 is 0 Å². The van der Waals surface area contributed by atoms with Gasteiger partial charge in [-0.05, 0) is 37.6 Å². The molecule has 1 N–H and O–H groups in total. The Balaban J connectivity index is 1.85. The fourth-order valence-electron chi connectivity index (χ4n) is 2.04. The van der Waals surface area contributed by atoms with Crippen LogP contribution in [0.5, 0.6) is 5.75 Å². The summed E-state index contributed by atoms with van der Waals surface area (Å²) in [6.45, 7) is 7.38. The number of likely N-dealkylation sites (N-methyl/N-ethyl adjacent to an activating group) is 1. The van der Waals surface area contributed by atoms with Crippen LogP contribution < -0.4 is 10.1 Å². The van der Waals surface area contributed by atoms with E-state index in [1.807, 2.05) is 12.1 Å². The lowest BCUT2D eigenvalue weighted by atomic mass is 10.1. The van der Waals surface area contributed by atoms with Crippen molar-refractivity contribution in [3.05, 3.63) is 41.5 Å². The lowest BCUT2D eigenvalue weighted by Gasteiger charge is -2.12. The number of aromatic nitrogens is 2. The van der Waals surface area contributed by atoms with Gasteiger partial charge in [-0.2, -0.15) is 4.98 Å². The molecule has 5 heteroatoms. The Morgan fingerprint density at radius 1 is 1.30 bits per heavy atom. The third kappa shape index (κ3) is 4.35. The summed E-state index contributed by atoms with van der Waals surface area (Å²) in [5.41, 5.74) is 1.29. The van der Waals surface area contributed by atoms with Gasteiger partial charge in [0.15, 0.2) is 6.61 Å². The SMILES string of the molecule is CCNC(C)Cc1ccc(OCc2noc(C)n2)cc1. The molecule has 0 fully saturated rings. The lowest BCUT2D eigenvalue weighted by Crippen LogP contribution is -2.27. The molecule has 1 atom stereocenters. The smallest absolute Gasteiger partial charge is 0.223 e. The van der Waals surface area contributed by atoms with Gasteiger partial charge in [0.2, 0.25) is 11.7 Å². The molecule has 0 spiro atoms. The second kappa shape index (κ2) is 7.05. The molecule has 0 saturated heterocycles. The van der Waals surface area contributed by atoms with E-state index in [2.05, 4.69) is 41.4 Å². The summed E-state index contributed by atoms with van der Waals surface area (Å²) in [4.78, 5) is 4.09. The molecule has 0 aliphatic rings. The predicted molar refractivity (Wildman–Crippen MR) is 76.7 cm³/mol. The van der Waals surface area contributed by atoms with E-state index >= 15 is 0 Å². The Morgan fingerprint density at radius 3 is 2.65 bits per heavy atom. The highest BCUT2D eigenvalue weighted by molar-refractivity contribution is 5.27. The van der Waals surface area contributed by atoms with Gasteiger partial charge < -0.3 is 14.6 Å². The summed E-state index contributed by atoms with van der Waals surface area (Å²) < 4.78 is 10.5. The number of ether oxygens (including phenoxy) is 1. The van der Waals surface area contributed by atoms with Crippen LogP contribution in [0.2, 0.25) is 0 Å². The first-order chi connectivity index (χ1) is 9.67. The molecule has 108 valence electrons. The van der Waals surface area contributed by atoms with E-state index in [-0.39, 0.29) is 0 Å². The maximum atomic E-state index is 5.61. The van der Waals surface area contributed by atoms with Crippen LogP contribution in [0, 0.1) is 6.92 Å². The Kier molecular flexibility index (Phi) is 5.12. The summed E-state index contributed by atoms with van der Waals surface area (Å²) in [5, 5.41) is 7.19. The zero-order valence-corrected chi connectivity index (χ0v) is 12.2. The molecule has 0 aliphatic carbocycles. The molecular formula is C15H21N3O2. The van der Waals surface area contributed by atoms with Gasteiger partial charge in [0.1, 0.15) is 5.75 Å². The third-order valence-corrected chi connectivity index (χ3v) is 2.96. The Morgan fingerprint density at radius 2 is 2.05 bits per heavy atom. The van der Waals surface area contributed by atoms with E-state index in [4.69, 9.17) is 9.26 Å². The molecule has 2 rings (SSSR count). The van der Waals surface area contributed by atoms with Crippen molar-refractivity contribution in [3.8, 4) is 5.75 Å². The van der Waals surface area contributed by atoms with Gasteiger partial charge in [0, 0.05) is 13.0 Å². The number of nitrogens with one attached hydrogen (secondary N) is 1. The third-order valence-electron chi connectivity index (χ3n) is 2.96. The average molecular weight is 275 g/mol. The number of rotatable bonds is 7. The van der Waals surface area contributed by atoms with Crippen molar-refractivity contribution in [3.63, 3.8) is 0 Å². The van der Waals surface area contributed by atoms with Crippen LogP contribution in [0.4, 0.5) is 0 Å². The van der Waals surface area contributed by atoms with E-state index in [0.29, 0.717) is 24.4 Å². The number of benzene rings is 1.